The van der Waals surface area contributed by atoms with Crippen molar-refractivity contribution in [2.45, 2.75) is 103 Å². The zero-order chi connectivity index (χ0) is 18.2. The highest BCUT2D eigenvalue weighted by Crippen LogP contribution is 2.39. The SMILES string of the molecule is CCCCCCC#CC1=C(C(C#CC(C)(C)O)[Si](C)(C)C)CCC1. The molecule has 0 aromatic carbocycles. The van der Waals surface area contributed by atoms with Crippen molar-refractivity contribution in [3.8, 4) is 23.7 Å². The summed E-state index contributed by atoms with van der Waals surface area (Å²) in [4.78, 5) is 0. The van der Waals surface area contributed by atoms with Crippen LogP contribution >= 0.6 is 0 Å². The zero-order valence-electron chi connectivity index (χ0n) is 16.7. The molecule has 1 N–H and O–H groups in total. The summed E-state index contributed by atoms with van der Waals surface area (Å²) in [5, 5.41) is 9.98. The van der Waals surface area contributed by atoms with Crippen molar-refractivity contribution in [3.05, 3.63) is 11.1 Å². The minimum absolute atomic E-state index is 0.316. The first-order chi connectivity index (χ1) is 11.1. The van der Waals surface area contributed by atoms with Crippen molar-refractivity contribution < 1.29 is 5.11 Å². The van der Waals surface area contributed by atoms with Gasteiger partial charge in [-0.2, -0.15) is 0 Å². The van der Waals surface area contributed by atoms with Crippen LogP contribution in [0.3, 0.4) is 0 Å². The van der Waals surface area contributed by atoms with Crippen LogP contribution < -0.4 is 0 Å². The average Bonchev–Trinajstić information content (AvgIpc) is 2.88. The maximum atomic E-state index is 9.98. The molecule has 0 bridgehead atoms. The molecule has 2 heteroatoms. The van der Waals surface area contributed by atoms with Crippen molar-refractivity contribution in [1.82, 2.24) is 0 Å². The van der Waals surface area contributed by atoms with E-state index in [1.54, 1.807) is 13.8 Å². The highest BCUT2D eigenvalue weighted by atomic mass is 28.3. The lowest BCUT2D eigenvalue weighted by Crippen LogP contribution is -2.29. The molecule has 0 spiro atoms. The second-order valence-electron chi connectivity index (χ2n) is 8.60. The molecule has 134 valence electrons. The quantitative estimate of drug-likeness (QED) is 0.360. The highest BCUT2D eigenvalue weighted by Gasteiger charge is 2.32. The minimum atomic E-state index is -1.47. The average molecular weight is 345 g/mol. The van der Waals surface area contributed by atoms with Crippen molar-refractivity contribution >= 4 is 8.07 Å². The van der Waals surface area contributed by atoms with E-state index in [2.05, 4.69) is 50.2 Å². The number of unbranched alkanes of at least 4 members (excludes halogenated alkanes) is 4. The molecular formula is C22H36OSi. The third kappa shape index (κ3) is 7.74. The van der Waals surface area contributed by atoms with Crippen LogP contribution in [0.2, 0.25) is 25.2 Å². The Hall–Kier alpha value is -0.963. The summed E-state index contributed by atoms with van der Waals surface area (Å²) in [6.07, 6.45) is 9.59. The number of hydrogen-bond donors (Lipinski definition) is 1. The van der Waals surface area contributed by atoms with Crippen LogP contribution in [0.1, 0.15) is 72.1 Å². The molecule has 1 aliphatic rings. The second-order valence-corrected chi connectivity index (χ2v) is 13.9. The van der Waals surface area contributed by atoms with Crippen LogP contribution in [0.4, 0.5) is 0 Å². The number of allylic oxidation sites excluding steroid dienone is 2. The molecule has 0 fully saturated rings. The Morgan fingerprint density at radius 3 is 2.42 bits per heavy atom. The maximum Gasteiger partial charge on any atom is 0.119 e. The molecule has 1 aliphatic carbocycles. The van der Waals surface area contributed by atoms with E-state index in [0.29, 0.717) is 5.54 Å². The Bertz CT molecular complexity index is 549. The Balaban J connectivity index is 2.94. The molecular weight excluding hydrogens is 308 g/mol. The fraction of sp³-hybridized carbons (Fsp3) is 0.727. The molecule has 1 unspecified atom stereocenters. The van der Waals surface area contributed by atoms with E-state index in [-0.39, 0.29) is 0 Å². The van der Waals surface area contributed by atoms with E-state index in [1.165, 1.54) is 43.3 Å². The van der Waals surface area contributed by atoms with E-state index < -0.39 is 13.7 Å². The molecule has 1 rings (SSSR count). The van der Waals surface area contributed by atoms with E-state index in [0.717, 1.165) is 19.3 Å². The number of aliphatic hydroxyl groups is 1. The summed E-state index contributed by atoms with van der Waals surface area (Å²) in [5.74, 6) is 13.4. The van der Waals surface area contributed by atoms with Gasteiger partial charge in [-0.25, -0.2) is 0 Å². The Morgan fingerprint density at radius 2 is 1.83 bits per heavy atom. The second kappa shape index (κ2) is 9.50. The molecule has 0 saturated carbocycles. The zero-order valence-corrected chi connectivity index (χ0v) is 17.7. The summed E-state index contributed by atoms with van der Waals surface area (Å²) in [5.41, 5.74) is 2.23. The first-order valence-corrected chi connectivity index (χ1v) is 13.2. The van der Waals surface area contributed by atoms with Gasteiger partial charge >= 0.3 is 0 Å². The first kappa shape index (κ1) is 21.1. The summed E-state index contributed by atoms with van der Waals surface area (Å²) in [6.45, 7) is 12.9. The van der Waals surface area contributed by atoms with Gasteiger partial charge in [0.15, 0.2) is 0 Å². The molecule has 0 radical (unpaired) electrons. The van der Waals surface area contributed by atoms with Gasteiger partial charge in [-0.1, -0.05) is 69.5 Å². The van der Waals surface area contributed by atoms with Gasteiger partial charge in [-0.3, -0.25) is 0 Å². The predicted octanol–water partition coefficient (Wildman–Crippen LogP) is 5.92. The van der Waals surface area contributed by atoms with Gasteiger partial charge in [0.1, 0.15) is 5.60 Å². The van der Waals surface area contributed by atoms with Crippen molar-refractivity contribution in [3.63, 3.8) is 0 Å². The normalized spacial score (nSPS) is 16.3. The van der Waals surface area contributed by atoms with Gasteiger partial charge in [0.2, 0.25) is 0 Å². The lowest BCUT2D eigenvalue weighted by atomic mass is 10.1. The largest absolute Gasteiger partial charge is 0.378 e. The fourth-order valence-electron chi connectivity index (χ4n) is 3.11. The first-order valence-electron chi connectivity index (χ1n) is 9.61. The van der Waals surface area contributed by atoms with E-state index >= 15 is 0 Å². The van der Waals surface area contributed by atoms with E-state index in [4.69, 9.17) is 0 Å². The molecule has 24 heavy (non-hydrogen) atoms. The standard InChI is InChI=1S/C22H36OSi/c1-7-8-9-10-11-12-14-19-15-13-16-20(19)21(24(4,5)6)17-18-22(2,3)23/h21,23H,7-11,13,15-16H2,1-6H3. The third-order valence-corrected chi connectivity index (χ3v) is 6.62. The van der Waals surface area contributed by atoms with Crippen LogP contribution in [0.25, 0.3) is 0 Å². The minimum Gasteiger partial charge on any atom is -0.378 e. The summed E-state index contributed by atoms with van der Waals surface area (Å²) in [7, 11) is -1.47. The molecule has 0 heterocycles. The lowest BCUT2D eigenvalue weighted by Gasteiger charge is -2.26. The van der Waals surface area contributed by atoms with Crippen molar-refractivity contribution in [2.24, 2.45) is 0 Å². The Kier molecular flexibility index (Phi) is 8.35. The molecule has 1 atom stereocenters. The molecule has 0 aliphatic heterocycles. The molecule has 0 amide bonds. The highest BCUT2D eigenvalue weighted by molar-refractivity contribution is 6.79. The van der Waals surface area contributed by atoms with Crippen LogP contribution in [0.5, 0.6) is 0 Å². The molecule has 0 aromatic heterocycles. The fourth-order valence-corrected chi connectivity index (χ4v) is 4.98. The maximum absolute atomic E-state index is 9.98. The van der Waals surface area contributed by atoms with Gasteiger partial charge in [-0.15, -0.1) is 0 Å². The molecule has 1 nitrogen and oxygen atoms in total. The Morgan fingerprint density at radius 1 is 1.12 bits per heavy atom. The van der Waals surface area contributed by atoms with E-state index in [1.807, 2.05) is 0 Å². The van der Waals surface area contributed by atoms with E-state index in [9.17, 15) is 5.11 Å². The summed E-state index contributed by atoms with van der Waals surface area (Å²) < 4.78 is 0. The monoisotopic (exact) mass is 344 g/mol. The lowest BCUT2D eigenvalue weighted by molar-refractivity contribution is 0.143. The van der Waals surface area contributed by atoms with Crippen LogP contribution in [0.15, 0.2) is 11.1 Å². The van der Waals surface area contributed by atoms with Gasteiger partial charge in [-0.05, 0) is 45.1 Å². The predicted molar refractivity (Wildman–Crippen MR) is 109 cm³/mol. The van der Waals surface area contributed by atoms with Gasteiger partial charge in [0, 0.05) is 17.5 Å². The number of rotatable bonds is 6. The Labute approximate surface area is 151 Å². The van der Waals surface area contributed by atoms with Crippen LogP contribution in [0, 0.1) is 23.7 Å². The van der Waals surface area contributed by atoms with Gasteiger partial charge in [0.05, 0.1) is 8.07 Å². The summed E-state index contributed by atoms with van der Waals surface area (Å²) >= 11 is 0. The molecule has 0 aromatic rings. The topological polar surface area (TPSA) is 20.2 Å². The third-order valence-electron chi connectivity index (χ3n) is 4.39. The van der Waals surface area contributed by atoms with Crippen LogP contribution in [-0.2, 0) is 0 Å². The van der Waals surface area contributed by atoms with Gasteiger partial charge < -0.3 is 5.11 Å². The van der Waals surface area contributed by atoms with Crippen molar-refractivity contribution in [1.29, 1.82) is 0 Å². The summed E-state index contributed by atoms with van der Waals surface area (Å²) in [6, 6.07) is 0. The van der Waals surface area contributed by atoms with Gasteiger partial charge in [0.25, 0.3) is 0 Å². The van der Waals surface area contributed by atoms with Crippen molar-refractivity contribution in [2.75, 3.05) is 0 Å². The smallest absolute Gasteiger partial charge is 0.119 e. The van der Waals surface area contributed by atoms with Crippen LogP contribution in [-0.4, -0.2) is 18.8 Å². The number of hydrogen-bond acceptors (Lipinski definition) is 1. The molecule has 0 saturated heterocycles.